The summed E-state index contributed by atoms with van der Waals surface area (Å²) in [5.74, 6) is 0. The fourth-order valence-corrected chi connectivity index (χ4v) is 3.20. The molecular weight excluding hydrogens is 312 g/mol. The molecule has 0 bridgehead atoms. The van der Waals surface area contributed by atoms with Crippen molar-refractivity contribution >= 4 is 27.3 Å². The second-order valence-corrected chi connectivity index (χ2v) is 6.26. The first-order valence-electron chi connectivity index (χ1n) is 7.12. The highest BCUT2D eigenvalue weighted by Crippen LogP contribution is 2.35. The van der Waals surface area contributed by atoms with E-state index in [-0.39, 0.29) is 0 Å². The lowest BCUT2D eigenvalue weighted by molar-refractivity contribution is 0.473. The van der Waals surface area contributed by atoms with Crippen molar-refractivity contribution in [3.05, 3.63) is 58.6 Å². The van der Waals surface area contributed by atoms with E-state index in [2.05, 4.69) is 57.2 Å². The molecule has 1 atom stereocenters. The first-order valence-corrected chi connectivity index (χ1v) is 7.91. The third-order valence-electron chi connectivity index (χ3n) is 3.98. The molecule has 2 aromatic carbocycles. The number of halogens is 1. The predicted molar refractivity (Wildman–Crippen MR) is 88.9 cm³/mol. The van der Waals surface area contributed by atoms with Crippen molar-refractivity contribution < 1.29 is 0 Å². The van der Waals surface area contributed by atoms with Gasteiger partial charge in [-0.1, -0.05) is 28.1 Å². The van der Waals surface area contributed by atoms with Crippen LogP contribution in [-0.4, -0.2) is 6.54 Å². The zero-order chi connectivity index (χ0) is 13.9. The van der Waals surface area contributed by atoms with E-state index in [4.69, 9.17) is 5.73 Å². The fraction of sp³-hybridized carbons (Fsp3) is 0.294. The van der Waals surface area contributed by atoms with Gasteiger partial charge in [-0.05, 0) is 61.2 Å². The highest BCUT2D eigenvalue weighted by Gasteiger charge is 2.23. The number of hydrogen-bond acceptors (Lipinski definition) is 2. The summed E-state index contributed by atoms with van der Waals surface area (Å²) in [7, 11) is 0. The van der Waals surface area contributed by atoms with Gasteiger partial charge in [-0.2, -0.15) is 0 Å². The van der Waals surface area contributed by atoms with E-state index in [9.17, 15) is 0 Å². The maximum atomic E-state index is 5.80. The van der Waals surface area contributed by atoms with Crippen LogP contribution in [0.1, 0.15) is 30.9 Å². The summed E-state index contributed by atoms with van der Waals surface area (Å²) in [6.45, 7) is 1.12. The number of hydrogen-bond donors (Lipinski definition) is 1. The second-order valence-electron chi connectivity index (χ2n) is 5.35. The van der Waals surface area contributed by atoms with E-state index in [1.54, 1.807) is 0 Å². The summed E-state index contributed by atoms with van der Waals surface area (Å²) >= 11 is 3.51. The van der Waals surface area contributed by atoms with Gasteiger partial charge in [0.1, 0.15) is 0 Å². The number of nitrogens with two attached hydrogens (primary N) is 1. The highest BCUT2D eigenvalue weighted by atomic mass is 79.9. The van der Waals surface area contributed by atoms with Crippen LogP contribution in [0.4, 0.5) is 11.4 Å². The van der Waals surface area contributed by atoms with E-state index >= 15 is 0 Å². The van der Waals surface area contributed by atoms with E-state index in [0.29, 0.717) is 6.04 Å². The maximum absolute atomic E-state index is 5.80. The molecule has 0 radical (unpaired) electrons. The smallest absolute Gasteiger partial charge is 0.0542 e. The number of nitrogen functional groups attached to an aromatic ring is 1. The molecular formula is C17H19BrN2. The molecule has 0 aliphatic carbocycles. The molecule has 3 rings (SSSR count). The molecule has 2 N–H and O–H groups in total. The van der Waals surface area contributed by atoms with Gasteiger partial charge in [-0.25, -0.2) is 0 Å². The van der Waals surface area contributed by atoms with Gasteiger partial charge >= 0.3 is 0 Å². The quantitative estimate of drug-likeness (QED) is 0.804. The number of nitrogens with zero attached hydrogens (tertiary/aromatic N) is 1. The van der Waals surface area contributed by atoms with Crippen LogP contribution in [0.15, 0.2) is 53.0 Å². The molecule has 0 amide bonds. The van der Waals surface area contributed by atoms with Gasteiger partial charge in [0.2, 0.25) is 0 Å². The van der Waals surface area contributed by atoms with Gasteiger partial charge in [0.05, 0.1) is 6.04 Å². The Labute approximate surface area is 128 Å². The van der Waals surface area contributed by atoms with Crippen molar-refractivity contribution in [3.8, 4) is 0 Å². The minimum atomic E-state index is 0.463. The highest BCUT2D eigenvalue weighted by molar-refractivity contribution is 9.10. The standard InChI is InChI=1S/C17H19BrN2/c18-14-6-10-16(11-7-14)20-12-2-1-3-17(20)13-4-8-15(19)9-5-13/h4-11,17H,1-3,12,19H2. The molecule has 20 heavy (non-hydrogen) atoms. The number of piperidine rings is 1. The Hall–Kier alpha value is -1.48. The van der Waals surface area contributed by atoms with Crippen LogP contribution in [0.5, 0.6) is 0 Å². The average Bonchev–Trinajstić information content (AvgIpc) is 2.49. The average molecular weight is 331 g/mol. The fourth-order valence-electron chi connectivity index (χ4n) is 2.94. The maximum Gasteiger partial charge on any atom is 0.0542 e. The van der Waals surface area contributed by atoms with E-state index in [1.807, 2.05) is 12.1 Å². The minimum absolute atomic E-state index is 0.463. The molecule has 2 nitrogen and oxygen atoms in total. The normalized spacial score (nSPS) is 19.1. The number of anilines is 2. The number of rotatable bonds is 2. The first kappa shape index (κ1) is 13.5. The van der Waals surface area contributed by atoms with Crippen molar-refractivity contribution in [3.63, 3.8) is 0 Å². The Kier molecular flexibility index (Phi) is 3.97. The molecule has 0 spiro atoms. The van der Waals surface area contributed by atoms with Gasteiger partial charge in [0.25, 0.3) is 0 Å². The lowest BCUT2D eigenvalue weighted by Crippen LogP contribution is -2.33. The summed E-state index contributed by atoms with van der Waals surface area (Å²) in [4.78, 5) is 2.52. The van der Waals surface area contributed by atoms with Crippen LogP contribution in [0.3, 0.4) is 0 Å². The summed E-state index contributed by atoms with van der Waals surface area (Å²) in [5, 5.41) is 0. The molecule has 1 fully saturated rings. The van der Waals surface area contributed by atoms with E-state index in [1.165, 1.54) is 30.5 Å². The van der Waals surface area contributed by atoms with Crippen LogP contribution < -0.4 is 10.6 Å². The summed E-state index contributed by atoms with van der Waals surface area (Å²) < 4.78 is 1.13. The molecule has 1 saturated heterocycles. The molecule has 1 unspecified atom stereocenters. The van der Waals surface area contributed by atoms with Crippen molar-refractivity contribution in [1.82, 2.24) is 0 Å². The Bertz CT molecular complexity index is 509. The third kappa shape index (κ3) is 2.83. The Morgan fingerprint density at radius 2 is 1.65 bits per heavy atom. The van der Waals surface area contributed by atoms with Gasteiger partial charge in [-0.3, -0.25) is 0 Å². The molecule has 1 aliphatic heterocycles. The Balaban J connectivity index is 1.90. The van der Waals surface area contributed by atoms with Gasteiger partial charge in [0, 0.05) is 22.4 Å². The van der Waals surface area contributed by atoms with Crippen LogP contribution in [-0.2, 0) is 0 Å². The van der Waals surface area contributed by atoms with Crippen molar-refractivity contribution in [2.75, 3.05) is 17.2 Å². The zero-order valence-corrected chi connectivity index (χ0v) is 13.0. The Morgan fingerprint density at radius 3 is 2.35 bits per heavy atom. The van der Waals surface area contributed by atoms with E-state index < -0.39 is 0 Å². The van der Waals surface area contributed by atoms with Gasteiger partial charge in [0.15, 0.2) is 0 Å². The summed E-state index contributed by atoms with van der Waals surface area (Å²) in [6.07, 6.45) is 3.77. The Morgan fingerprint density at radius 1 is 0.950 bits per heavy atom. The molecule has 0 saturated carbocycles. The zero-order valence-electron chi connectivity index (χ0n) is 11.4. The van der Waals surface area contributed by atoms with Gasteiger partial charge in [-0.15, -0.1) is 0 Å². The largest absolute Gasteiger partial charge is 0.399 e. The predicted octanol–water partition coefficient (Wildman–Crippen LogP) is 4.76. The van der Waals surface area contributed by atoms with E-state index in [0.717, 1.165) is 16.7 Å². The van der Waals surface area contributed by atoms with Crippen molar-refractivity contribution in [2.24, 2.45) is 0 Å². The molecule has 1 aliphatic rings. The van der Waals surface area contributed by atoms with Crippen molar-refractivity contribution in [1.29, 1.82) is 0 Å². The summed E-state index contributed by atoms with van der Waals surface area (Å²) in [5.41, 5.74) is 9.30. The number of benzene rings is 2. The van der Waals surface area contributed by atoms with Crippen LogP contribution in [0, 0.1) is 0 Å². The minimum Gasteiger partial charge on any atom is -0.399 e. The lowest BCUT2D eigenvalue weighted by atomic mass is 9.94. The lowest BCUT2D eigenvalue weighted by Gasteiger charge is -2.38. The van der Waals surface area contributed by atoms with Crippen LogP contribution in [0.25, 0.3) is 0 Å². The van der Waals surface area contributed by atoms with Crippen LogP contribution >= 0.6 is 15.9 Å². The molecule has 2 aromatic rings. The first-order chi connectivity index (χ1) is 9.74. The third-order valence-corrected chi connectivity index (χ3v) is 4.51. The molecule has 0 aromatic heterocycles. The molecule has 3 heteroatoms. The topological polar surface area (TPSA) is 29.3 Å². The second kappa shape index (κ2) is 5.88. The monoisotopic (exact) mass is 330 g/mol. The van der Waals surface area contributed by atoms with Gasteiger partial charge < -0.3 is 10.6 Å². The summed E-state index contributed by atoms with van der Waals surface area (Å²) in [6, 6.07) is 17.4. The SMILES string of the molecule is Nc1ccc(C2CCCCN2c2ccc(Br)cc2)cc1. The molecule has 104 valence electrons. The van der Waals surface area contributed by atoms with Crippen LogP contribution in [0.2, 0.25) is 0 Å². The molecule has 1 heterocycles. The van der Waals surface area contributed by atoms with Crippen molar-refractivity contribution in [2.45, 2.75) is 25.3 Å².